The third kappa shape index (κ3) is 5.28. The predicted octanol–water partition coefficient (Wildman–Crippen LogP) is 8.38. The summed E-state index contributed by atoms with van der Waals surface area (Å²) >= 11 is 8.45. The van der Waals surface area contributed by atoms with Crippen LogP contribution in [0.4, 0.5) is 46.5 Å². The molecule has 0 saturated carbocycles. The quantitative estimate of drug-likeness (QED) is 0.102. The summed E-state index contributed by atoms with van der Waals surface area (Å²) < 4.78 is 118. The zero-order valence-corrected chi connectivity index (χ0v) is 20.6. The van der Waals surface area contributed by atoms with E-state index in [0.717, 1.165) is 0 Å². The van der Waals surface area contributed by atoms with Crippen molar-refractivity contribution < 1.29 is 35.1 Å². The van der Waals surface area contributed by atoms with Crippen LogP contribution in [-0.4, -0.2) is 0 Å². The van der Waals surface area contributed by atoms with E-state index in [0.29, 0.717) is 0 Å². The van der Waals surface area contributed by atoms with Gasteiger partial charge in [-0.1, -0.05) is 24.3 Å². The lowest BCUT2D eigenvalue weighted by Gasteiger charge is -2.33. The zero-order chi connectivity index (χ0) is 27.7. The smallest absolute Gasteiger partial charge is 0.167 e. The van der Waals surface area contributed by atoms with Crippen LogP contribution in [0, 0.1) is 46.5 Å². The van der Waals surface area contributed by atoms with E-state index < -0.39 is 69.7 Å². The van der Waals surface area contributed by atoms with Gasteiger partial charge >= 0.3 is 0 Å². The predicted molar refractivity (Wildman–Crippen MR) is 133 cm³/mol. The normalized spacial score (nSPS) is 12.8. The van der Waals surface area contributed by atoms with Gasteiger partial charge in [0.15, 0.2) is 46.5 Å². The summed E-state index contributed by atoms with van der Waals surface area (Å²) in [6.45, 7) is 0. The van der Waals surface area contributed by atoms with Crippen molar-refractivity contribution in [2.24, 2.45) is 0 Å². The van der Waals surface area contributed by atoms with Crippen LogP contribution in [0.2, 0.25) is 0 Å². The Morgan fingerprint density at radius 3 is 1.05 bits per heavy atom. The third-order valence-electron chi connectivity index (χ3n) is 5.68. The zero-order valence-electron chi connectivity index (χ0n) is 18.8. The van der Waals surface area contributed by atoms with Crippen LogP contribution >= 0.6 is 25.3 Å². The molecule has 2 nitrogen and oxygen atoms in total. The van der Waals surface area contributed by atoms with E-state index in [9.17, 15) is 17.6 Å². The lowest BCUT2D eigenvalue weighted by molar-refractivity contribution is 0.403. The molecule has 0 amide bonds. The van der Waals surface area contributed by atoms with Crippen molar-refractivity contribution in [1.82, 2.24) is 0 Å². The molecule has 12 heteroatoms. The molecule has 38 heavy (non-hydrogen) atoms. The van der Waals surface area contributed by atoms with Crippen molar-refractivity contribution in [3.8, 4) is 0 Å². The van der Waals surface area contributed by atoms with Crippen LogP contribution in [0.25, 0.3) is 0 Å². The summed E-state index contributed by atoms with van der Waals surface area (Å²) in [5.41, 5.74) is -2.66. The highest BCUT2D eigenvalue weighted by Gasteiger charge is 2.38. The molecule has 0 saturated heterocycles. The molecule has 0 aliphatic rings. The Kier molecular flexibility index (Phi) is 8.12. The van der Waals surface area contributed by atoms with E-state index in [4.69, 9.17) is 0 Å². The molecule has 2 N–H and O–H groups in total. The van der Waals surface area contributed by atoms with Gasteiger partial charge in [0.25, 0.3) is 0 Å². The van der Waals surface area contributed by atoms with Crippen molar-refractivity contribution in [3.63, 3.8) is 0 Å². The highest BCUT2D eigenvalue weighted by molar-refractivity contribution is 7.80. The van der Waals surface area contributed by atoms with Crippen molar-refractivity contribution in [2.45, 2.75) is 21.9 Å². The Bertz CT molecular complexity index is 1350. The fourth-order valence-electron chi connectivity index (χ4n) is 3.90. The minimum atomic E-state index is -2.12. The summed E-state index contributed by atoms with van der Waals surface area (Å²) in [6, 6.07) is 7.26. The van der Waals surface area contributed by atoms with Gasteiger partial charge in [-0.05, 0) is 24.3 Å². The summed E-state index contributed by atoms with van der Waals surface area (Å²) in [4.78, 5) is 0.324. The number of anilines is 2. The van der Waals surface area contributed by atoms with Crippen LogP contribution in [0.3, 0.4) is 0 Å². The molecule has 0 radical (unpaired) electrons. The van der Waals surface area contributed by atoms with Crippen LogP contribution in [0.1, 0.15) is 23.2 Å². The van der Waals surface area contributed by atoms with Crippen molar-refractivity contribution in [2.75, 3.05) is 10.6 Å². The second-order valence-corrected chi connectivity index (χ2v) is 9.01. The average molecular weight is 573 g/mol. The first-order valence-electron chi connectivity index (χ1n) is 10.8. The van der Waals surface area contributed by atoms with Gasteiger partial charge in [-0.15, -0.1) is 25.3 Å². The molecule has 2 unspecified atom stereocenters. The highest BCUT2D eigenvalue weighted by atomic mass is 32.1. The highest BCUT2D eigenvalue weighted by Crippen LogP contribution is 2.42. The number of thiol groups is 2. The van der Waals surface area contributed by atoms with Crippen LogP contribution in [0.5, 0.6) is 0 Å². The summed E-state index contributed by atoms with van der Waals surface area (Å²) in [5, 5.41) is 5.15. The first kappa shape index (κ1) is 27.6. The number of halogens is 8. The minimum absolute atomic E-state index is 0.00736. The minimum Gasteiger partial charge on any atom is -0.375 e. The molecule has 4 aromatic carbocycles. The van der Waals surface area contributed by atoms with Crippen LogP contribution in [0.15, 0.2) is 70.5 Å². The van der Waals surface area contributed by atoms with E-state index >= 15 is 17.6 Å². The molecule has 0 fully saturated rings. The Morgan fingerprint density at radius 2 is 0.763 bits per heavy atom. The van der Waals surface area contributed by atoms with Crippen molar-refractivity contribution in [3.05, 3.63) is 118 Å². The molecule has 4 aromatic rings. The fraction of sp³-hybridized carbons (Fsp3) is 0.0769. The fourth-order valence-corrected chi connectivity index (χ4v) is 4.35. The number of rotatable bonds is 7. The summed E-state index contributed by atoms with van der Waals surface area (Å²) in [5.74, 6) is -14.9. The van der Waals surface area contributed by atoms with Crippen LogP contribution < -0.4 is 10.6 Å². The molecular weight excluding hydrogens is 556 g/mol. The lowest BCUT2D eigenvalue weighted by Crippen LogP contribution is -2.30. The molecule has 0 spiro atoms. The van der Waals surface area contributed by atoms with E-state index in [1.165, 1.54) is 36.4 Å². The molecule has 0 aliphatic carbocycles. The van der Waals surface area contributed by atoms with Crippen LogP contribution in [-0.2, 0) is 0 Å². The van der Waals surface area contributed by atoms with Gasteiger partial charge in [0.2, 0.25) is 0 Å². The van der Waals surface area contributed by atoms with Gasteiger partial charge in [0.05, 0.1) is 23.2 Å². The maximum absolute atomic E-state index is 15.1. The van der Waals surface area contributed by atoms with E-state index in [1.54, 1.807) is 12.1 Å². The SMILES string of the molecule is Fc1cc(F)c(F)c(C(Nc2ccccc2S)C(Nc2ccccc2S)c2c(F)c(F)cc(F)c2F)c1F. The van der Waals surface area contributed by atoms with Gasteiger partial charge in [-0.25, -0.2) is 35.1 Å². The Labute approximate surface area is 222 Å². The Morgan fingerprint density at radius 1 is 0.474 bits per heavy atom. The molecule has 0 aromatic heterocycles. The third-order valence-corrected chi connectivity index (χ3v) is 6.46. The van der Waals surface area contributed by atoms with Gasteiger partial charge in [-0.3, -0.25) is 0 Å². The van der Waals surface area contributed by atoms with Gasteiger partial charge < -0.3 is 10.6 Å². The van der Waals surface area contributed by atoms with Crippen molar-refractivity contribution >= 4 is 36.6 Å². The standard InChI is InChI=1S/C26H16F8N2S2/c27-11-9-12(28)22(32)19(21(11)31)25(35-15-5-1-3-7-17(15)37)26(36-16-6-2-4-8-18(16)38)20-23(33)13(29)10-14(30)24(20)34/h1-10,25-26,35-38H. The number of hydrogen-bond donors (Lipinski definition) is 4. The maximum atomic E-state index is 15.1. The van der Waals surface area contributed by atoms with E-state index in [1.807, 2.05) is 0 Å². The van der Waals surface area contributed by atoms with E-state index in [2.05, 4.69) is 35.9 Å². The Hall–Kier alpha value is -3.38. The molecule has 4 rings (SSSR count). The topological polar surface area (TPSA) is 24.1 Å². The largest absolute Gasteiger partial charge is 0.375 e. The maximum Gasteiger partial charge on any atom is 0.167 e. The summed E-state index contributed by atoms with van der Waals surface area (Å²) in [7, 11) is 0. The number of hydrogen-bond acceptors (Lipinski definition) is 4. The molecular formula is C26H16F8N2S2. The van der Waals surface area contributed by atoms with Gasteiger partial charge in [-0.2, -0.15) is 0 Å². The number of nitrogens with one attached hydrogen (secondary N) is 2. The van der Waals surface area contributed by atoms with Gasteiger partial charge in [0, 0.05) is 33.3 Å². The molecule has 2 atom stereocenters. The Balaban J connectivity index is 2.07. The van der Waals surface area contributed by atoms with Crippen molar-refractivity contribution in [1.29, 1.82) is 0 Å². The second-order valence-electron chi connectivity index (χ2n) is 8.04. The molecule has 198 valence electrons. The second kappa shape index (κ2) is 11.2. The molecule has 0 aliphatic heterocycles. The first-order chi connectivity index (χ1) is 18.0. The van der Waals surface area contributed by atoms with E-state index in [-0.39, 0.29) is 33.3 Å². The molecule has 0 heterocycles. The monoisotopic (exact) mass is 572 g/mol. The number of benzene rings is 4. The average Bonchev–Trinajstić information content (AvgIpc) is 2.87. The first-order valence-corrected chi connectivity index (χ1v) is 11.7. The van der Waals surface area contributed by atoms with Gasteiger partial charge in [0.1, 0.15) is 0 Å². The lowest BCUT2D eigenvalue weighted by atomic mass is 9.90. The summed E-state index contributed by atoms with van der Waals surface area (Å²) in [6.07, 6.45) is 0. The number of para-hydroxylation sites is 2. The molecule has 0 bridgehead atoms.